The lowest BCUT2D eigenvalue weighted by Crippen LogP contribution is -2.39. The first-order valence-electron chi connectivity index (χ1n) is 7.69. The largest absolute Gasteiger partial charge is 0.369 e. The van der Waals surface area contributed by atoms with Crippen molar-refractivity contribution in [3.05, 3.63) is 45.1 Å². The van der Waals surface area contributed by atoms with Crippen molar-refractivity contribution in [2.45, 2.75) is 6.23 Å². The lowest BCUT2D eigenvalue weighted by molar-refractivity contribution is 0.0175. The van der Waals surface area contributed by atoms with Gasteiger partial charge in [0, 0.05) is 46.8 Å². The molecule has 0 saturated heterocycles. The Balaban J connectivity index is 2.13. The van der Waals surface area contributed by atoms with E-state index in [1.165, 1.54) is 30.3 Å². The van der Waals surface area contributed by atoms with Crippen molar-refractivity contribution < 1.29 is 19.5 Å². The fraction of sp³-hybridized carbons (Fsp3) is 0.167. The number of thiophene rings is 1. The van der Waals surface area contributed by atoms with E-state index < -0.39 is 12.1 Å². The first kappa shape index (κ1) is 14.6. The van der Waals surface area contributed by atoms with E-state index in [4.69, 9.17) is 0 Å². The van der Waals surface area contributed by atoms with Crippen molar-refractivity contribution in [2.24, 2.45) is 0 Å². The van der Waals surface area contributed by atoms with Crippen LogP contribution in [-0.4, -0.2) is 46.7 Å². The van der Waals surface area contributed by atoms with Gasteiger partial charge in [0.15, 0.2) is 6.23 Å². The molecule has 0 fully saturated rings. The molecular formula is C18H12N2O4S. The summed E-state index contributed by atoms with van der Waals surface area (Å²) in [5, 5.41) is 16.5. The van der Waals surface area contributed by atoms with Gasteiger partial charge in [0.05, 0.1) is 11.1 Å². The number of aliphatic hydroxyl groups is 1. The Labute approximate surface area is 145 Å². The number of benzene rings is 2. The molecule has 0 spiro atoms. The van der Waals surface area contributed by atoms with Crippen LogP contribution < -0.4 is 0 Å². The monoisotopic (exact) mass is 352 g/mol. The predicted octanol–water partition coefficient (Wildman–Crippen LogP) is 2.36. The molecule has 1 N–H and O–H groups in total. The number of aliphatic hydroxyl groups excluding tert-OH is 1. The Kier molecular flexibility index (Phi) is 2.59. The van der Waals surface area contributed by atoms with Crippen molar-refractivity contribution >= 4 is 50.6 Å². The van der Waals surface area contributed by atoms with Gasteiger partial charge in [-0.1, -0.05) is 6.07 Å². The van der Waals surface area contributed by atoms with E-state index in [1.54, 1.807) is 12.1 Å². The number of imide groups is 1. The number of hydrogen-bond donors (Lipinski definition) is 1. The van der Waals surface area contributed by atoms with Crippen molar-refractivity contribution in [3.8, 4) is 0 Å². The van der Waals surface area contributed by atoms with Gasteiger partial charge in [-0.05, 0) is 16.8 Å². The Morgan fingerprint density at radius 2 is 1.56 bits per heavy atom. The number of rotatable bonds is 0. The van der Waals surface area contributed by atoms with Crippen molar-refractivity contribution in [2.75, 3.05) is 14.1 Å². The molecule has 6 nitrogen and oxygen atoms in total. The number of nitrogens with zero attached hydrogens (tertiary/aromatic N) is 2. The lowest BCUT2D eigenvalue weighted by atomic mass is 9.83. The van der Waals surface area contributed by atoms with E-state index in [0.717, 1.165) is 4.90 Å². The summed E-state index contributed by atoms with van der Waals surface area (Å²) in [6.45, 7) is 0. The third-order valence-corrected chi connectivity index (χ3v) is 5.91. The van der Waals surface area contributed by atoms with Crippen LogP contribution in [0.1, 0.15) is 42.9 Å². The molecule has 25 heavy (non-hydrogen) atoms. The molecule has 3 amide bonds. The third-order valence-electron chi connectivity index (χ3n) is 5.17. The van der Waals surface area contributed by atoms with Gasteiger partial charge in [-0.2, -0.15) is 11.3 Å². The molecule has 0 radical (unpaired) electrons. The Morgan fingerprint density at radius 3 is 2.24 bits per heavy atom. The average molecular weight is 352 g/mol. The van der Waals surface area contributed by atoms with Crippen LogP contribution in [0.3, 0.4) is 0 Å². The molecule has 124 valence electrons. The maximum Gasteiger partial charge on any atom is 0.261 e. The molecule has 1 aromatic heterocycles. The fourth-order valence-corrected chi connectivity index (χ4v) is 4.71. The summed E-state index contributed by atoms with van der Waals surface area (Å²) in [7, 11) is 3.00. The zero-order valence-electron chi connectivity index (χ0n) is 13.4. The van der Waals surface area contributed by atoms with Crippen LogP contribution in [0.5, 0.6) is 0 Å². The molecule has 0 bridgehead atoms. The minimum absolute atomic E-state index is 0.314. The molecule has 3 heterocycles. The highest BCUT2D eigenvalue weighted by atomic mass is 32.1. The second kappa shape index (κ2) is 4.44. The van der Waals surface area contributed by atoms with E-state index in [9.17, 15) is 19.5 Å². The standard InChI is InChI=1S/C18H12N2O4S/c1-19-15(21)7-3-4-8-12-11(7)13(17(19)23)9-5-25-6-10(9)14(12)18(24)20(2)16(8)22/h3-6,15,21H,1-2H3. The maximum absolute atomic E-state index is 12.9. The molecule has 0 aliphatic carbocycles. The zero-order valence-corrected chi connectivity index (χ0v) is 14.2. The molecular weight excluding hydrogens is 340 g/mol. The van der Waals surface area contributed by atoms with Gasteiger partial charge < -0.3 is 10.0 Å². The number of carbonyl (C=O) groups excluding carboxylic acids is 3. The van der Waals surface area contributed by atoms with E-state index in [2.05, 4.69) is 0 Å². The topological polar surface area (TPSA) is 77.9 Å². The Hall–Kier alpha value is -2.77. The number of fused-ring (bicyclic) bond motifs is 3. The van der Waals surface area contributed by atoms with Gasteiger partial charge in [-0.25, -0.2) is 0 Å². The van der Waals surface area contributed by atoms with Crippen LogP contribution >= 0.6 is 11.3 Å². The summed E-state index contributed by atoms with van der Waals surface area (Å²) >= 11 is 1.40. The molecule has 2 aliphatic rings. The highest BCUT2D eigenvalue weighted by Crippen LogP contribution is 2.45. The van der Waals surface area contributed by atoms with Gasteiger partial charge in [0.2, 0.25) is 0 Å². The number of amides is 3. The van der Waals surface area contributed by atoms with Crippen LogP contribution in [0.2, 0.25) is 0 Å². The highest BCUT2D eigenvalue weighted by Gasteiger charge is 2.39. The van der Waals surface area contributed by atoms with E-state index in [1.807, 2.05) is 10.8 Å². The molecule has 5 rings (SSSR count). The molecule has 2 aromatic carbocycles. The van der Waals surface area contributed by atoms with Gasteiger partial charge in [0.1, 0.15) is 0 Å². The van der Waals surface area contributed by atoms with Crippen LogP contribution in [0, 0.1) is 0 Å². The van der Waals surface area contributed by atoms with E-state index in [-0.39, 0.29) is 11.8 Å². The summed E-state index contributed by atoms with van der Waals surface area (Å²) in [6.07, 6.45) is -1.11. The molecule has 7 heteroatoms. The van der Waals surface area contributed by atoms with E-state index >= 15 is 0 Å². The van der Waals surface area contributed by atoms with Crippen LogP contribution in [0.25, 0.3) is 21.5 Å². The van der Waals surface area contributed by atoms with Gasteiger partial charge in [-0.15, -0.1) is 0 Å². The minimum Gasteiger partial charge on any atom is -0.369 e. The van der Waals surface area contributed by atoms with Crippen LogP contribution in [0.15, 0.2) is 22.9 Å². The van der Waals surface area contributed by atoms with Crippen molar-refractivity contribution in [1.82, 2.24) is 9.80 Å². The van der Waals surface area contributed by atoms with Crippen molar-refractivity contribution in [3.63, 3.8) is 0 Å². The zero-order chi connectivity index (χ0) is 17.6. The van der Waals surface area contributed by atoms with Crippen molar-refractivity contribution in [1.29, 1.82) is 0 Å². The number of carbonyl (C=O) groups is 3. The molecule has 3 aromatic rings. The Bertz CT molecular complexity index is 1160. The summed E-state index contributed by atoms with van der Waals surface area (Å²) in [4.78, 5) is 40.7. The molecule has 2 aliphatic heterocycles. The second-order valence-corrected chi connectivity index (χ2v) is 7.10. The second-order valence-electron chi connectivity index (χ2n) is 6.36. The molecule has 0 saturated carbocycles. The maximum atomic E-state index is 12.9. The van der Waals surface area contributed by atoms with Gasteiger partial charge >= 0.3 is 0 Å². The Morgan fingerprint density at radius 1 is 0.920 bits per heavy atom. The van der Waals surface area contributed by atoms with Gasteiger partial charge in [0.25, 0.3) is 17.7 Å². The fourth-order valence-electron chi connectivity index (χ4n) is 3.88. The molecule has 1 atom stereocenters. The van der Waals surface area contributed by atoms with Crippen LogP contribution in [-0.2, 0) is 0 Å². The quantitative estimate of drug-likeness (QED) is 0.630. The highest BCUT2D eigenvalue weighted by molar-refractivity contribution is 7.09. The summed E-state index contributed by atoms with van der Waals surface area (Å²) in [5.74, 6) is -1.10. The summed E-state index contributed by atoms with van der Waals surface area (Å²) < 4.78 is 0. The average Bonchev–Trinajstić information content (AvgIpc) is 3.08. The predicted molar refractivity (Wildman–Crippen MR) is 92.8 cm³/mol. The smallest absolute Gasteiger partial charge is 0.261 e. The summed E-state index contributed by atoms with van der Waals surface area (Å²) in [5.41, 5.74) is 1.80. The van der Waals surface area contributed by atoms with Crippen LogP contribution in [0.4, 0.5) is 0 Å². The first-order valence-corrected chi connectivity index (χ1v) is 8.63. The number of hydrogen-bond acceptors (Lipinski definition) is 5. The van der Waals surface area contributed by atoms with E-state index in [0.29, 0.717) is 43.8 Å². The molecule has 1 unspecified atom stereocenters. The third kappa shape index (κ3) is 1.50. The normalized spacial score (nSPS) is 19.5. The minimum atomic E-state index is -1.11. The first-order chi connectivity index (χ1) is 11.9. The summed E-state index contributed by atoms with van der Waals surface area (Å²) in [6, 6.07) is 3.29. The SMILES string of the molecule is CN1C(=O)c2ccc3c4c(c5cscc5c(c24)C1=O)C(=O)N(C)C3O. The van der Waals surface area contributed by atoms with Gasteiger partial charge in [-0.3, -0.25) is 19.3 Å². The lowest BCUT2D eigenvalue weighted by Gasteiger charge is -2.34.